The maximum Gasteiger partial charge on any atom is 0.120 e. The molecule has 1 aromatic heterocycles. The molecule has 1 atom stereocenters. The van der Waals surface area contributed by atoms with Crippen molar-refractivity contribution < 1.29 is 0 Å². The van der Waals surface area contributed by atoms with E-state index in [4.69, 9.17) is 4.98 Å². The van der Waals surface area contributed by atoms with E-state index in [1.807, 2.05) is 0 Å². The van der Waals surface area contributed by atoms with Gasteiger partial charge in [0, 0.05) is 16.6 Å². The van der Waals surface area contributed by atoms with Gasteiger partial charge in [0.05, 0.1) is 5.69 Å². The number of benzene rings is 4. The van der Waals surface area contributed by atoms with E-state index in [1.165, 1.54) is 38.7 Å². The van der Waals surface area contributed by atoms with Crippen molar-refractivity contribution in [1.82, 2.24) is 4.98 Å². The van der Waals surface area contributed by atoms with Crippen LogP contribution in [0.1, 0.15) is 48.5 Å². The van der Waals surface area contributed by atoms with E-state index in [0.717, 1.165) is 10.7 Å². The lowest BCUT2D eigenvalue weighted by Crippen LogP contribution is -2.19. The molecule has 0 saturated carbocycles. The SMILES string of the molecule is Cc1cccc(C(C)(C)C)c1NC(c1ccccc1)c1nc(-c2cccc3ccccc23)cs1. The maximum atomic E-state index is 5.18. The Morgan fingerprint density at radius 2 is 1.50 bits per heavy atom. The molecule has 0 saturated heterocycles. The number of hydrogen-bond donors (Lipinski definition) is 1. The van der Waals surface area contributed by atoms with Crippen molar-refractivity contribution in [3.05, 3.63) is 118 Å². The molecular formula is C31H30N2S. The van der Waals surface area contributed by atoms with Crippen LogP contribution in [0, 0.1) is 6.92 Å². The molecule has 170 valence electrons. The summed E-state index contributed by atoms with van der Waals surface area (Å²) in [7, 11) is 0. The molecule has 2 nitrogen and oxygen atoms in total. The number of nitrogens with one attached hydrogen (secondary N) is 1. The summed E-state index contributed by atoms with van der Waals surface area (Å²) in [6.45, 7) is 8.99. The summed E-state index contributed by atoms with van der Waals surface area (Å²) in [6.07, 6.45) is 0. The van der Waals surface area contributed by atoms with Gasteiger partial charge in [-0.2, -0.15) is 0 Å². The molecule has 5 aromatic rings. The highest BCUT2D eigenvalue weighted by atomic mass is 32.1. The zero-order valence-corrected chi connectivity index (χ0v) is 21.0. The first kappa shape index (κ1) is 22.4. The summed E-state index contributed by atoms with van der Waals surface area (Å²) >= 11 is 1.72. The van der Waals surface area contributed by atoms with Gasteiger partial charge < -0.3 is 5.32 Å². The normalized spacial score (nSPS) is 12.6. The Morgan fingerprint density at radius 1 is 0.794 bits per heavy atom. The highest BCUT2D eigenvalue weighted by molar-refractivity contribution is 7.10. The number of rotatable bonds is 5. The van der Waals surface area contributed by atoms with Gasteiger partial charge in [-0.05, 0) is 39.8 Å². The number of aromatic nitrogens is 1. The van der Waals surface area contributed by atoms with Gasteiger partial charge in [0.1, 0.15) is 11.0 Å². The minimum absolute atomic E-state index is 0.0304. The van der Waals surface area contributed by atoms with Gasteiger partial charge in [-0.15, -0.1) is 11.3 Å². The Kier molecular flexibility index (Phi) is 5.97. The largest absolute Gasteiger partial charge is 0.372 e. The van der Waals surface area contributed by atoms with Crippen LogP contribution in [0.25, 0.3) is 22.0 Å². The second-order valence-corrected chi connectivity index (χ2v) is 10.7. The monoisotopic (exact) mass is 462 g/mol. The average Bonchev–Trinajstić information content (AvgIpc) is 3.32. The van der Waals surface area contributed by atoms with Crippen molar-refractivity contribution in [1.29, 1.82) is 0 Å². The zero-order valence-electron chi connectivity index (χ0n) is 20.2. The summed E-state index contributed by atoms with van der Waals surface area (Å²) < 4.78 is 0. The third-order valence-corrected chi connectivity index (χ3v) is 7.25. The standard InChI is InChI=1S/C31H30N2S/c1-21-12-10-19-26(31(2,3)4)28(21)33-29(23-14-6-5-7-15-23)30-32-27(20-34-30)25-18-11-16-22-13-8-9-17-24(22)25/h5-20,29,33H,1-4H3. The third kappa shape index (κ3) is 4.36. The summed E-state index contributed by atoms with van der Waals surface area (Å²) in [5, 5.41) is 9.64. The van der Waals surface area contributed by atoms with Crippen molar-refractivity contribution in [3.63, 3.8) is 0 Å². The second kappa shape index (κ2) is 9.08. The lowest BCUT2D eigenvalue weighted by molar-refractivity contribution is 0.590. The molecule has 4 aromatic carbocycles. The van der Waals surface area contributed by atoms with Crippen molar-refractivity contribution in [2.75, 3.05) is 5.32 Å². The molecule has 0 aliphatic rings. The van der Waals surface area contributed by atoms with Crippen LogP contribution in [-0.4, -0.2) is 4.98 Å². The number of fused-ring (bicyclic) bond motifs is 1. The van der Waals surface area contributed by atoms with Gasteiger partial charge in [-0.1, -0.05) is 112 Å². The van der Waals surface area contributed by atoms with Crippen LogP contribution in [0.5, 0.6) is 0 Å². The number of nitrogens with zero attached hydrogens (tertiary/aromatic N) is 1. The average molecular weight is 463 g/mol. The summed E-state index contributed by atoms with van der Waals surface area (Å²) in [4.78, 5) is 5.18. The smallest absolute Gasteiger partial charge is 0.120 e. The van der Waals surface area contributed by atoms with E-state index in [2.05, 4.69) is 129 Å². The molecule has 0 bridgehead atoms. The van der Waals surface area contributed by atoms with Crippen LogP contribution in [0.3, 0.4) is 0 Å². The molecule has 0 aliphatic carbocycles. The predicted octanol–water partition coefficient (Wildman–Crippen LogP) is 8.77. The Morgan fingerprint density at radius 3 is 2.29 bits per heavy atom. The van der Waals surface area contributed by atoms with Crippen molar-refractivity contribution in [2.45, 2.75) is 39.2 Å². The Balaban J connectivity index is 1.61. The number of para-hydroxylation sites is 1. The molecule has 34 heavy (non-hydrogen) atoms. The summed E-state index contributed by atoms with van der Waals surface area (Å²) in [5.41, 5.74) is 7.22. The van der Waals surface area contributed by atoms with Crippen LogP contribution in [0.15, 0.2) is 96.4 Å². The molecule has 1 heterocycles. The van der Waals surface area contributed by atoms with Gasteiger partial charge in [-0.3, -0.25) is 0 Å². The fourth-order valence-electron chi connectivity index (χ4n) is 4.55. The van der Waals surface area contributed by atoms with Crippen LogP contribution in [0.2, 0.25) is 0 Å². The molecule has 0 amide bonds. The first-order valence-electron chi connectivity index (χ1n) is 11.8. The minimum atomic E-state index is -0.0304. The van der Waals surface area contributed by atoms with E-state index in [1.54, 1.807) is 11.3 Å². The number of aryl methyl sites for hydroxylation is 1. The van der Waals surface area contributed by atoms with E-state index >= 15 is 0 Å². The van der Waals surface area contributed by atoms with Crippen LogP contribution >= 0.6 is 11.3 Å². The Hall–Kier alpha value is -3.43. The molecule has 0 spiro atoms. The van der Waals surface area contributed by atoms with E-state index in [-0.39, 0.29) is 11.5 Å². The topological polar surface area (TPSA) is 24.9 Å². The third-order valence-electron chi connectivity index (χ3n) is 6.34. The second-order valence-electron chi connectivity index (χ2n) is 9.83. The molecule has 3 heteroatoms. The predicted molar refractivity (Wildman–Crippen MR) is 147 cm³/mol. The van der Waals surface area contributed by atoms with E-state index < -0.39 is 0 Å². The minimum Gasteiger partial charge on any atom is -0.372 e. The quantitative estimate of drug-likeness (QED) is 0.282. The van der Waals surface area contributed by atoms with Crippen molar-refractivity contribution in [3.8, 4) is 11.3 Å². The Bertz CT molecular complexity index is 1420. The van der Waals surface area contributed by atoms with Crippen LogP contribution in [-0.2, 0) is 5.41 Å². The zero-order chi connectivity index (χ0) is 23.7. The summed E-state index contributed by atoms with van der Waals surface area (Å²) in [6, 6.07) is 32.2. The van der Waals surface area contributed by atoms with Gasteiger partial charge in [0.15, 0.2) is 0 Å². The molecule has 0 fully saturated rings. The Labute approximate surface area is 206 Å². The molecule has 1 unspecified atom stereocenters. The molecule has 1 N–H and O–H groups in total. The van der Waals surface area contributed by atoms with Crippen LogP contribution < -0.4 is 5.32 Å². The molecular weight excluding hydrogens is 432 g/mol. The lowest BCUT2D eigenvalue weighted by atomic mass is 9.84. The number of hydrogen-bond acceptors (Lipinski definition) is 3. The molecule has 0 aliphatic heterocycles. The number of anilines is 1. The molecule has 0 radical (unpaired) electrons. The van der Waals surface area contributed by atoms with Gasteiger partial charge in [-0.25, -0.2) is 4.98 Å². The fraction of sp³-hybridized carbons (Fsp3) is 0.194. The highest BCUT2D eigenvalue weighted by Gasteiger charge is 2.24. The summed E-state index contributed by atoms with van der Waals surface area (Å²) in [5.74, 6) is 0. The number of thiazole rings is 1. The van der Waals surface area contributed by atoms with E-state index in [9.17, 15) is 0 Å². The highest BCUT2D eigenvalue weighted by Crippen LogP contribution is 2.38. The first-order valence-corrected chi connectivity index (χ1v) is 12.6. The van der Waals surface area contributed by atoms with Crippen molar-refractivity contribution >= 4 is 27.8 Å². The van der Waals surface area contributed by atoms with Crippen molar-refractivity contribution in [2.24, 2.45) is 0 Å². The van der Waals surface area contributed by atoms with Gasteiger partial charge >= 0.3 is 0 Å². The maximum absolute atomic E-state index is 5.18. The fourth-order valence-corrected chi connectivity index (χ4v) is 5.45. The van der Waals surface area contributed by atoms with Gasteiger partial charge in [0.25, 0.3) is 0 Å². The van der Waals surface area contributed by atoms with Gasteiger partial charge in [0.2, 0.25) is 0 Å². The van der Waals surface area contributed by atoms with Crippen LogP contribution in [0.4, 0.5) is 5.69 Å². The first-order chi connectivity index (χ1) is 16.4. The lowest BCUT2D eigenvalue weighted by Gasteiger charge is -2.28. The molecule has 5 rings (SSSR count). The van der Waals surface area contributed by atoms with E-state index in [0.29, 0.717) is 0 Å².